The van der Waals surface area contributed by atoms with Gasteiger partial charge in [-0.15, -0.1) is 11.3 Å². The number of nitrogens with zero attached hydrogens (tertiary/aromatic N) is 3. The van der Waals surface area contributed by atoms with Crippen molar-refractivity contribution >= 4 is 43.2 Å². The topological polar surface area (TPSA) is 33.1 Å². The van der Waals surface area contributed by atoms with Gasteiger partial charge in [0, 0.05) is 21.3 Å². The van der Waals surface area contributed by atoms with Crippen LogP contribution in [0, 0.1) is 0 Å². The van der Waals surface area contributed by atoms with E-state index in [0.717, 1.165) is 28.6 Å². The zero-order valence-corrected chi connectivity index (χ0v) is 16.4. The molecule has 2 aromatic heterocycles. The Labute approximate surface area is 146 Å². The van der Waals surface area contributed by atoms with Gasteiger partial charge in [0.2, 0.25) is 0 Å². The van der Waals surface area contributed by atoms with Gasteiger partial charge in [0.05, 0.1) is 29.0 Å². The SMILES string of the molecule is CCNC(c1cc(Br)cs1)c1c(Br)cnn1CCN(C)C. The number of rotatable bonds is 7. The zero-order chi connectivity index (χ0) is 15.4. The van der Waals surface area contributed by atoms with Gasteiger partial charge in [-0.2, -0.15) is 5.10 Å². The van der Waals surface area contributed by atoms with E-state index in [-0.39, 0.29) is 6.04 Å². The van der Waals surface area contributed by atoms with Gasteiger partial charge in [0.1, 0.15) is 0 Å². The van der Waals surface area contributed by atoms with E-state index in [9.17, 15) is 0 Å². The molecule has 1 unspecified atom stereocenters. The Kier molecular flexibility index (Phi) is 6.43. The van der Waals surface area contributed by atoms with Crippen molar-refractivity contribution in [1.82, 2.24) is 20.0 Å². The summed E-state index contributed by atoms with van der Waals surface area (Å²) in [7, 11) is 4.16. The predicted molar refractivity (Wildman–Crippen MR) is 96.0 cm³/mol. The van der Waals surface area contributed by atoms with E-state index in [4.69, 9.17) is 0 Å². The third-order valence-corrected chi connectivity index (χ3v) is 5.52. The second kappa shape index (κ2) is 7.87. The van der Waals surface area contributed by atoms with Crippen molar-refractivity contribution in [3.8, 4) is 0 Å². The molecule has 2 heterocycles. The molecule has 2 aromatic rings. The number of nitrogens with one attached hydrogen (secondary N) is 1. The quantitative estimate of drug-likeness (QED) is 0.719. The van der Waals surface area contributed by atoms with E-state index in [2.05, 4.69) is 84.3 Å². The molecule has 4 nitrogen and oxygen atoms in total. The second-order valence-electron chi connectivity index (χ2n) is 5.06. The van der Waals surface area contributed by atoms with Crippen LogP contribution in [-0.4, -0.2) is 41.9 Å². The van der Waals surface area contributed by atoms with Crippen molar-refractivity contribution < 1.29 is 0 Å². The van der Waals surface area contributed by atoms with Gasteiger partial charge < -0.3 is 10.2 Å². The van der Waals surface area contributed by atoms with Crippen LogP contribution in [0.5, 0.6) is 0 Å². The first kappa shape index (κ1) is 17.1. The van der Waals surface area contributed by atoms with E-state index < -0.39 is 0 Å². The van der Waals surface area contributed by atoms with Gasteiger partial charge in [0.15, 0.2) is 0 Å². The molecule has 0 bridgehead atoms. The molecular formula is C14H20Br2N4S. The van der Waals surface area contributed by atoms with Crippen molar-refractivity contribution in [2.75, 3.05) is 27.2 Å². The summed E-state index contributed by atoms with van der Waals surface area (Å²) < 4.78 is 4.27. The minimum absolute atomic E-state index is 0.158. The first-order chi connectivity index (χ1) is 10.0. The molecule has 0 radical (unpaired) electrons. The third kappa shape index (κ3) is 4.39. The number of hydrogen-bond donors (Lipinski definition) is 1. The summed E-state index contributed by atoms with van der Waals surface area (Å²) in [5, 5.41) is 10.2. The van der Waals surface area contributed by atoms with Crippen LogP contribution in [0.4, 0.5) is 0 Å². The highest BCUT2D eigenvalue weighted by atomic mass is 79.9. The fourth-order valence-electron chi connectivity index (χ4n) is 2.15. The predicted octanol–water partition coefficient (Wildman–Crippen LogP) is 3.73. The molecule has 0 fully saturated rings. The molecule has 0 aromatic carbocycles. The average Bonchev–Trinajstić information content (AvgIpc) is 3.00. The normalized spacial score (nSPS) is 13.0. The van der Waals surface area contributed by atoms with Crippen LogP contribution in [-0.2, 0) is 6.54 Å². The number of halogens is 2. The van der Waals surface area contributed by atoms with Crippen LogP contribution in [0.25, 0.3) is 0 Å². The van der Waals surface area contributed by atoms with Gasteiger partial charge in [-0.25, -0.2) is 0 Å². The van der Waals surface area contributed by atoms with E-state index in [1.165, 1.54) is 10.6 Å². The Bertz CT molecular complexity index is 579. The minimum Gasteiger partial charge on any atom is -0.308 e. The van der Waals surface area contributed by atoms with Crippen LogP contribution in [0.2, 0.25) is 0 Å². The maximum absolute atomic E-state index is 4.52. The van der Waals surface area contributed by atoms with Crippen molar-refractivity contribution in [3.63, 3.8) is 0 Å². The molecule has 0 aliphatic rings. The van der Waals surface area contributed by atoms with Crippen molar-refractivity contribution in [1.29, 1.82) is 0 Å². The maximum atomic E-state index is 4.52. The lowest BCUT2D eigenvalue weighted by Crippen LogP contribution is -2.27. The molecule has 0 saturated carbocycles. The van der Waals surface area contributed by atoms with E-state index >= 15 is 0 Å². The summed E-state index contributed by atoms with van der Waals surface area (Å²) >= 11 is 8.95. The summed E-state index contributed by atoms with van der Waals surface area (Å²) in [4.78, 5) is 3.46. The molecule has 21 heavy (non-hydrogen) atoms. The van der Waals surface area contributed by atoms with E-state index in [1.54, 1.807) is 11.3 Å². The summed E-state index contributed by atoms with van der Waals surface area (Å²) in [6.07, 6.45) is 1.89. The highest BCUT2D eigenvalue weighted by Crippen LogP contribution is 2.33. The van der Waals surface area contributed by atoms with Gasteiger partial charge in [-0.05, 0) is 58.6 Å². The summed E-state index contributed by atoms with van der Waals surface area (Å²) in [6, 6.07) is 2.33. The highest BCUT2D eigenvalue weighted by molar-refractivity contribution is 9.10. The largest absolute Gasteiger partial charge is 0.308 e. The molecule has 1 N–H and O–H groups in total. The molecule has 1 atom stereocenters. The molecular weight excluding hydrogens is 416 g/mol. The number of thiophene rings is 1. The van der Waals surface area contributed by atoms with Crippen LogP contribution < -0.4 is 5.32 Å². The number of aromatic nitrogens is 2. The monoisotopic (exact) mass is 434 g/mol. The Morgan fingerprint density at radius 2 is 2.19 bits per heavy atom. The van der Waals surface area contributed by atoms with Gasteiger partial charge in [-0.3, -0.25) is 4.68 Å². The molecule has 0 spiro atoms. The molecule has 0 aliphatic carbocycles. The maximum Gasteiger partial charge on any atom is 0.0853 e. The Balaban J connectivity index is 2.33. The zero-order valence-electron chi connectivity index (χ0n) is 12.4. The summed E-state index contributed by atoms with van der Waals surface area (Å²) in [5.74, 6) is 0. The van der Waals surface area contributed by atoms with Crippen LogP contribution >= 0.6 is 43.2 Å². The lowest BCUT2D eigenvalue weighted by molar-refractivity contribution is 0.365. The molecule has 0 aliphatic heterocycles. The second-order valence-corrected chi connectivity index (χ2v) is 7.77. The van der Waals surface area contributed by atoms with E-state index in [1.807, 2.05) is 6.20 Å². The lowest BCUT2D eigenvalue weighted by Gasteiger charge is -2.20. The summed E-state index contributed by atoms with van der Waals surface area (Å²) in [6.45, 7) is 4.88. The smallest absolute Gasteiger partial charge is 0.0853 e. The third-order valence-electron chi connectivity index (χ3n) is 3.15. The van der Waals surface area contributed by atoms with Gasteiger partial charge in [-0.1, -0.05) is 6.92 Å². The van der Waals surface area contributed by atoms with Crippen LogP contribution in [0.3, 0.4) is 0 Å². The molecule has 116 valence electrons. The highest BCUT2D eigenvalue weighted by Gasteiger charge is 2.22. The number of likely N-dealkylation sites (N-methyl/N-ethyl adjacent to an activating group) is 1. The van der Waals surface area contributed by atoms with Crippen molar-refractivity contribution in [3.05, 3.63) is 37.2 Å². The molecule has 2 rings (SSSR count). The fourth-order valence-corrected chi connectivity index (χ4v) is 4.19. The van der Waals surface area contributed by atoms with Gasteiger partial charge >= 0.3 is 0 Å². The molecule has 0 amide bonds. The standard InChI is InChI=1S/C14H20Br2N4S/c1-4-17-13(12-7-10(15)9-21-12)14-11(16)8-18-20(14)6-5-19(2)3/h7-9,13,17H,4-6H2,1-3H3. The van der Waals surface area contributed by atoms with Crippen LogP contribution in [0.15, 0.2) is 26.6 Å². The Hall–Kier alpha value is -0.210. The minimum atomic E-state index is 0.158. The molecule has 7 heteroatoms. The fraction of sp³-hybridized carbons (Fsp3) is 0.500. The van der Waals surface area contributed by atoms with Gasteiger partial charge in [0.25, 0.3) is 0 Å². The summed E-state index contributed by atoms with van der Waals surface area (Å²) in [5.41, 5.74) is 1.19. The van der Waals surface area contributed by atoms with E-state index in [0.29, 0.717) is 0 Å². The van der Waals surface area contributed by atoms with Crippen molar-refractivity contribution in [2.45, 2.75) is 19.5 Å². The lowest BCUT2D eigenvalue weighted by atomic mass is 10.1. The number of hydrogen-bond acceptors (Lipinski definition) is 4. The Morgan fingerprint density at radius 1 is 1.43 bits per heavy atom. The Morgan fingerprint density at radius 3 is 2.76 bits per heavy atom. The molecule has 0 saturated heterocycles. The first-order valence-corrected chi connectivity index (χ1v) is 9.32. The van der Waals surface area contributed by atoms with Crippen molar-refractivity contribution in [2.24, 2.45) is 0 Å². The first-order valence-electron chi connectivity index (χ1n) is 6.86. The average molecular weight is 436 g/mol. The van der Waals surface area contributed by atoms with Crippen LogP contribution in [0.1, 0.15) is 23.5 Å².